The van der Waals surface area contributed by atoms with Crippen LogP contribution in [0, 0.1) is 10.1 Å². The van der Waals surface area contributed by atoms with E-state index < -0.39 is 11.0 Å². The minimum atomic E-state index is -0.535. The second-order valence-corrected chi connectivity index (χ2v) is 8.70. The lowest BCUT2D eigenvalue weighted by atomic mass is 10.1. The molecular weight excluding hydrogens is 442 g/mol. The zero-order valence-corrected chi connectivity index (χ0v) is 20.0. The van der Waals surface area contributed by atoms with E-state index in [-0.39, 0.29) is 30.2 Å². The summed E-state index contributed by atoms with van der Waals surface area (Å²) in [6.07, 6.45) is 1.41. The number of non-ortho nitro benzene ring substituents is 1. The van der Waals surface area contributed by atoms with Crippen LogP contribution < -0.4 is 5.32 Å². The summed E-state index contributed by atoms with van der Waals surface area (Å²) < 4.78 is 10.4. The molecule has 2 aliphatic heterocycles. The summed E-state index contributed by atoms with van der Waals surface area (Å²) in [5.41, 5.74) is 0.965. The van der Waals surface area contributed by atoms with Crippen LogP contribution in [0.4, 0.5) is 5.69 Å². The molecule has 2 atom stereocenters. The minimum absolute atomic E-state index is 0.0160. The van der Waals surface area contributed by atoms with E-state index in [2.05, 4.69) is 10.2 Å². The first kappa shape index (κ1) is 26.0. The van der Waals surface area contributed by atoms with Crippen LogP contribution in [0.15, 0.2) is 24.3 Å². The number of carbonyl (C=O) groups excluding carboxylic acids is 2. The van der Waals surface area contributed by atoms with E-state index in [9.17, 15) is 19.7 Å². The van der Waals surface area contributed by atoms with Crippen molar-refractivity contribution >= 4 is 17.5 Å². The number of methoxy groups -OCH3 is 2. The average molecular weight is 478 g/mol. The maximum absolute atomic E-state index is 13.5. The lowest BCUT2D eigenvalue weighted by Crippen LogP contribution is -2.49. The first-order valence-electron chi connectivity index (χ1n) is 11.7. The SMILES string of the molecule is COCCN(Cc1ccc([N+](=O)[O-])cc1)C1CC(C(=O)N2CCCNCC2)N(C(=O)COC)C1. The van der Waals surface area contributed by atoms with Crippen LogP contribution in [0.25, 0.3) is 0 Å². The molecule has 11 heteroatoms. The molecule has 0 saturated carbocycles. The molecule has 0 spiro atoms. The summed E-state index contributed by atoms with van der Waals surface area (Å²) in [5, 5.41) is 14.3. The van der Waals surface area contributed by atoms with E-state index in [0.717, 1.165) is 25.1 Å². The van der Waals surface area contributed by atoms with Gasteiger partial charge in [-0.2, -0.15) is 0 Å². The third kappa shape index (κ3) is 6.72. The number of rotatable bonds is 10. The fourth-order valence-electron chi connectivity index (χ4n) is 4.63. The van der Waals surface area contributed by atoms with E-state index in [4.69, 9.17) is 9.47 Å². The number of nitrogens with zero attached hydrogens (tertiary/aromatic N) is 4. The highest BCUT2D eigenvalue weighted by Crippen LogP contribution is 2.26. The highest BCUT2D eigenvalue weighted by atomic mass is 16.6. The first-order chi connectivity index (χ1) is 16.4. The van der Waals surface area contributed by atoms with Crippen LogP contribution in [0.5, 0.6) is 0 Å². The van der Waals surface area contributed by atoms with Crippen molar-refractivity contribution in [2.45, 2.75) is 31.5 Å². The van der Waals surface area contributed by atoms with Gasteiger partial charge in [-0.25, -0.2) is 0 Å². The zero-order valence-electron chi connectivity index (χ0n) is 20.0. The van der Waals surface area contributed by atoms with E-state index >= 15 is 0 Å². The minimum Gasteiger partial charge on any atom is -0.383 e. The number of carbonyl (C=O) groups is 2. The summed E-state index contributed by atoms with van der Waals surface area (Å²) >= 11 is 0. The Kier molecular flexibility index (Phi) is 9.75. The highest BCUT2D eigenvalue weighted by Gasteiger charge is 2.43. The predicted molar refractivity (Wildman–Crippen MR) is 125 cm³/mol. The molecular formula is C23H35N5O6. The maximum Gasteiger partial charge on any atom is 0.269 e. The summed E-state index contributed by atoms with van der Waals surface area (Å²) in [4.78, 5) is 42.6. The van der Waals surface area contributed by atoms with Crippen LogP contribution in [-0.2, 0) is 25.6 Å². The van der Waals surface area contributed by atoms with Crippen LogP contribution >= 0.6 is 0 Å². The molecule has 1 aromatic rings. The highest BCUT2D eigenvalue weighted by molar-refractivity contribution is 5.89. The Labute approximate surface area is 200 Å². The smallest absolute Gasteiger partial charge is 0.269 e. The molecule has 3 rings (SSSR count). The van der Waals surface area contributed by atoms with Crippen molar-refractivity contribution in [3.8, 4) is 0 Å². The van der Waals surface area contributed by atoms with Gasteiger partial charge in [-0.05, 0) is 24.9 Å². The van der Waals surface area contributed by atoms with Gasteiger partial charge in [0.25, 0.3) is 5.69 Å². The van der Waals surface area contributed by atoms with Gasteiger partial charge in [0, 0.05) is 71.7 Å². The summed E-state index contributed by atoms with van der Waals surface area (Å²) in [5.74, 6) is -0.212. The molecule has 2 saturated heterocycles. The molecule has 2 amide bonds. The molecule has 2 aliphatic rings. The molecule has 0 aromatic heterocycles. The Morgan fingerprint density at radius 1 is 1.18 bits per heavy atom. The summed E-state index contributed by atoms with van der Waals surface area (Å²) in [7, 11) is 3.11. The molecule has 0 aliphatic carbocycles. The van der Waals surface area contributed by atoms with Gasteiger partial charge in [0.15, 0.2) is 0 Å². The number of hydrogen-bond acceptors (Lipinski definition) is 8. The molecule has 2 fully saturated rings. The Balaban J connectivity index is 1.78. The number of nitro benzene ring substituents is 1. The number of nitro groups is 1. The Morgan fingerprint density at radius 2 is 1.94 bits per heavy atom. The second-order valence-electron chi connectivity index (χ2n) is 8.70. The Bertz CT molecular complexity index is 828. The standard InChI is InChI=1S/C23H35N5O6/c1-33-13-12-26(15-18-4-6-19(7-5-18)28(31)32)20-14-21(27(16-20)22(29)17-34-2)23(30)25-10-3-8-24-9-11-25/h4-7,20-21,24H,3,8-17H2,1-2H3. The number of ether oxygens (including phenoxy) is 2. The lowest BCUT2D eigenvalue weighted by molar-refractivity contribution is -0.384. The van der Waals surface area contributed by atoms with Crippen molar-refractivity contribution in [2.75, 3.05) is 66.7 Å². The number of benzene rings is 1. The number of hydrogen-bond donors (Lipinski definition) is 1. The quantitative estimate of drug-likeness (QED) is 0.382. The molecule has 188 valence electrons. The third-order valence-electron chi connectivity index (χ3n) is 6.44. The van der Waals surface area contributed by atoms with Gasteiger partial charge in [0.05, 0.1) is 11.5 Å². The van der Waals surface area contributed by atoms with Gasteiger partial charge in [0.1, 0.15) is 12.6 Å². The average Bonchev–Trinajstić information content (AvgIpc) is 3.09. The predicted octanol–water partition coefficient (Wildman–Crippen LogP) is 0.481. The lowest BCUT2D eigenvalue weighted by Gasteiger charge is -2.29. The molecule has 0 radical (unpaired) electrons. The van der Waals surface area contributed by atoms with Crippen molar-refractivity contribution in [3.05, 3.63) is 39.9 Å². The van der Waals surface area contributed by atoms with Gasteiger partial charge in [-0.1, -0.05) is 12.1 Å². The number of amides is 2. The summed E-state index contributed by atoms with van der Waals surface area (Å²) in [6, 6.07) is 5.89. The van der Waals surface area contributed by atoms with Crippen molar-refractivity contribution in [1.29, 1.82) is 0 Å². The molecule has 2 unspecified atom stereocenters. The molecule has 1 aromatic carbocycles. The van der Waals surface area contributed by atoms with E-state index in [1.807, 2.05) is 4.90 Å². The van der Waals surface area contributed by atoms with Gasteiger partial charge >= 0.3 is 0 Å². The van der Waals surface area contributed by atoms with Crippen LogP contribution in [0.3, 0.4) is 0 Å². The van der Waals surface area contributed by atoms with E-state index in [1.165, 1.54) is 19.2 Å². The van der Waals surface area contributed by atoms with Crippen molar-refractivity contribution in [1.82, 2.24) is 20.0 Å². The van der Waals surface area contributed by atoms with Gasteiger partial charge in [0.2, 0.25) is 11.8 Å². The second kappa shape index (κ2) is 12.7. The number of likely N-dealkylation sites (tertiary alicyclic amines) is 1. The monoisotopic (exact) mass is 477 g/mol. The topological polar surface area (TPSA) is 117 Å². The first-order valence-corrected chi connectivity index (χ1v) is 11.7. The van der Waals surface area contributed by atoms with Crippen LogP contribution in [0.1, 0.15) is 18.4 Å². The molecule has 11 nitrogen and oxygen atoms in total. The maximum atomic E-state index is 13.5. The Morgan fingerprint density at radius 3 is 2.62 bits per heavy atom. The normalized spacial score (nSPS) is 21.0. The van der Waals surface area contributed by atoms with Crippen LogP contribution in [-0.4, -0.2) is 110 Å². The molecule has 2 heterocycles. The zero-order chi connectivity index (χ0) is 24.5. The Hall–Kier alpha value is -2.60. The third-order valence-corrected chi connectivity index (χ3v) is 6.44. The largest absolute Gasteiger partial charge is 0.383 e. The van der Waals surface area contributed by atoms with Crippen molar-refractivity contribution < 1.29 is 24.0 Å². The van der Waals surface area contributed by atoms with E-state index in [1.54, 1.807) is 24.1 Å². The molecule has 1 N–H and O–H groups in total. The molecule has 34 heavy (non-hydrogen) atoms. The fourth-order valence-corrected chi connectivity index (χ4v) is 4.63. The fraction of sp³-hybridized carbons (Fsp3) is 0.652. The number of nitrogens with one attached hydrogen (secondary N) is 1. The molecule has 0 bridgehead atoms. The van der Waals surface area contributed by atoms with Crippen molar-refractivity contribution in [2.24, 2.45) is 0 Å². The van der Waals surface area contributed by atoms with E-state index in [0.29, 0.717) is 45.8 Å². The van der Waals surface area contributed by atoms with Crippen molar-refractivity contribution in [3.63, 3.8) is 0 Å². The van der Waals surface area contributed by atoms with Gasteiger partial charge < -0.3 is 24.6 Å². The van der Waals surface area contributed by atoms with Gasteiger partial charge in [-0.15, -0.1) is 0 Å². The van der Waals surface area contributed by atoms with Gasteiger partial charge in [-0.3, -0.25) is 24.6 Å². The van der Waals surface area contributed by atoms with Crippen LogP contribution in [0.2, 0.25) is 0 Å². The summed E-state index contributed by atoms with van der Waals surface area (Å²) in [6.45, 7) is 4.91.